The van der Waals surface area contributed by atoms with Gasteiger partial charge in [0.15, 0.2) is 23.0 Å². The van der Waals surface area contributed by atoms with Gasteiger partial charge in [0.25, 0.3) is 0 Å². The molecule has 23 heavy (non-hydrogen) atoms. The van der Waals surface area contributed by atoms with Gasteiger partial charge in [-0.15, -0.1) is 11.6 Å². The van der Waals surface area contributed by atoms with Crippen LogP contribution in [0.1, 0.15) is 17.3 Å². The molecule has 0 N–H and O–H groups in total. The molecule has 2 aromatic carbocycles. The van der Waals surface area contributed by atoms with E-state index in [0.29, 0.717) is 16.3 Å². The number of carbonyl (C=O) groups is 2. The van der Waals surface area contributed by atoms with Gasteiger partial charge in [-0.3, -0.25) is 9.59 Å². The smallest absolute Gasteiger partial charge is 0.198 e. The van der Waals surface area contributed by atoms with Crippen molar-refractivity contribution >= 4 is 50.7 Å². The quantitative estimate of drug-likeness (QED) is 0.381. The molecule has 0 aliphatic rings. The first-order valence-electron chi connectivity index (χ1n) is 6.78. The van der Waals surface area contributed by atoms with Gasteiger partial charge in [0.2, 0.25) is 0 Å². The number of halogens is 3. The SMILES string of the molecule is CC(Oc1ccc(Cl)cc1)C(=O)C(Cl)C(=O)c1ccc(Br)cc1. The van der Waals surface area contributed by atoms with Crippen LogP contribution in [0.3, 0.4) is 0 Å². The largest absolute Gasteiger partial charge is 0.483 e. The summed E-state index contributed by atoms with van der Waals surface area (Å²) in [5.41, 5.74) is 0.375. The number of ketones is 2. The molecule has 6 heteroatoms. The first-order chi connectivity index (χ1) is 10.9. The number of alkyl halides is 1. The van der Waals surface area contributed by atoms with Crippen LogP contribution < -0.4 is 4.74 Å². The Hall–Kier alpha value is -1.36. The lowest BCUT2D eigenvalue weighted by Gasteiger charge is -2.16. The number of Topliss-reactive ketones (excluding diaryl/α,β-unsaturated/α-hetero) is 2. The Labute approximate surface area is 152 Å². The van der Waals surface area contributed by atoms with Crippen molar-refractivity contribution in [3.8, 4) is 5.75 Å². The summed E-state index contributed by atoms with van der Waals surface area (Å²) in [6, 6.07) is 13.2. The molecule has 0 aliphatic carbocycles. The fraction of sp³-hybridized carbons (Fsp3) is 0.176. The molecule has 0 spiro atoms. The molecule has 0 radical (unpaired) electrons. The number of hydrogen-bond acceptors (Lipinski definition) is 3. The highest BCUT2D eigenvalue weighted by Crippen LogP contribution is 2.19. The Bertz CT molecular complexity index is 699. The lowest BCUT2D eigenvalue weighted by molar-refractivity contribution is -0.123. The number of ether oxygens (including phenoxy) is 1. The third-order valence-electron chi connectivity index (χ3n) is 3.14. The predicted octanol–water partition coefficient (Wildman–Crippen LogP) is 4.93. The summed E-state index contributed by atoms with van der Waals surface area (Å²) in [6.45, 7) is 1.56. The van der Waals surface area contributed by atoms with Crippen LogP contribution in [0.5, 0.6) is 5.75 Å². The highest BCUT2D eigenvalue weighted by atomic mass is 79.9. The van der Waals surface area contributed by atoms with Gasteiger partial charge < -0.3 is 4.74 Å². The zero-order valence-corrected chi connectivity index (χ0v) is 15.2. The van der Waals surface area contributed by atoms with Crippen LogP contribution in [0.4, 0.5) is 0 Å². The third-order valence-corrected chi connectivity index (χ3v) is 4.33. The molecule has 120 valence electrons. The minimum Gasteiger partial charge on any atom is -0.483 e. The van der Waals surface area contributed by atoms with Gasteiger partial charge in [0, 0.05) is 15.1 Å². The van der Waals surface area contributed by atoms with Crippen molar-refractivity contribution in [1.29, 1.82) is 0 Å². The van der Waals surface area contributed by atoms with Gasteiger partial charge >= 0.3 is 0 Å². The number of benzene rings is 2. The third kappa shape index (κ3) is 4.80. The minimum absolute atomic E-state index is 0.375. The van der Waals surface area contributed by atoms with Crippen molar-refractivity contribution in [2.24, 2.45) is 0 Å². The van der Waals surface area contributed by atoms with Gasteiger partial charge in [0.1, 0.15) is 5.75 Å². The molecule has 2 rings (SSSR count). The minimum atomic E-state index is -1.29. The van der Waals surface area contributed by atoms with E-state index >= 15 is 0 Å². The van der Waals surface area contributed by atoms with E-state index in [1.807, 2.05) is 0 Å². The maximum atomic E-state index is 12.3. The second kappa shape index (κ2) is 7.95. The zero-order chi connectivity index (χ0) is 17.0. The highest BCUT2D eigenvalue weighted by molar-refractivity contribution is 9.10. The van der Waals surface area contributed by atoms with E-state index in [2.05, 4.69) is 15.9 Å². The molecule has 0 heterocycles. The van der Waals surface area contributed by atoms with E-state index in [9.17, 15) is 9.59 Å². The molecular formula is C17H13BrCl2O3. The normalized spacial score (nSPS) is 13.2. The van der Waals surface area contributed by atoms with Crippen LogP contribution in [0, 0.1) is 0 Å². The van der Waals surface area contributed by atoms with E-state index in [0.717, 1.165) is 4.47 Å². The average molecular weight is 416 g/mol. The number of carbonyl (C=O) groups excluding carboxylic acids is 2. The van der Waals surface area contributed by atoms with Gasteiger partial charge in [-0.2, -0.15) is 0 Å². The topological polar surface area (TPSA) is 43.4 Å². The Kier molecular flexibility index (Phi) is 6.22. The fourth-order valence-electron chi connectivity index (χ4n) is 1.87. The van der Waals surface area contributed by atoms with Crippen molar-refractivity contribution in [2.45, 2.75) is 18.4 Å². The molecule has 2 aromatic rings. The average Bonchev–Trinajstić information content (AvgIpc) is 2.55. The van der Waals surface area contributed by atoms with Crippen molar-refractivity contribution in [1.82, 2.24) is 0 Å². The lowest BCUT2D eigenvalue weighted by atomic mass is 10.0. The Morgan fingerprint density at radius 2 is 1.61 bits per heavy atom. The Balaban J connectivity index is 2.04. The van der Waals surface area contributed by atoms with Crippen LogP contribution in [0.15, 0.2) is 53.0 Å². The van der Waals surface area contributed by atoms with Crippen molar-refractivity contribution < 1.29 is 14.3 Å². The molecule has 2 unspecified atom stereocenters. The number of hydrogen-bond donors (Lipinski definition) is 0. The second-order valence-corrected chi connectivity index (χ2v) is 6.64. The standard InChI is InChI=1S/C17H13BrCl2O3/c1-10(23-14-8-6-13(19)7-9-14)16(21)15(20)17(22)11-2-4-12(18)5-3-11/h2-10,15H,1H3. The van der Waals surface area contributed by atoms with Crippen LogP contribution in [0.2, 0.25) is 5.02 Å². The van der Waals surface area contributed by atoms with Crippen LogP contribution in [-0.2, 0) is 4.79 Å². The zero-order valence-electron chi connectivity index (χ0n) is 12.1. The van der Waals surface area contributed by atoms with Gasteiger partial charge in [-0.25, -0.2) is 0 Å². The van der Waals surface area contributed by atoms with E-state index in [4.69, 9.17) is 27.9 Å². The van der Waals surface area contributed by atoms with E-state index in [1.165, 1.54) is 0 Å². The summed E-state index contributed by atoms with van der Waals surface area (Å²) in [4.78, 5) is 24.5. The predicted molar refractivity (Wildman–Crippen MR) is 94.7 cm³/mol. The maximum absolute atomic E-state index is 12.3. The van der Waals surface area contributed by atoms with Crippen molar-refractivity contribution in [3.05, 3.63) is 63.6 Å². The molecular weight excluding hydrogens is 403 g/mol. The van der Waals surface area contributed by atoms with E-state index in [-0.39, 0.29) is 0 Å². The summed E-state index contributed by atoms with van der Waals surface area (Å²) < 4.78 is 6.34. The summed E-state index contributed by atoms with van der Waals surface area (Å²) >= 11 is 15.1. The number of rotatable bonds is 6. The first kappa shape index (κ1) is 18.0. The molecule has 0 amide bonds. The summed E-state index contributed by atoms with van der Waals surface area (Å²) in [5, 5.41) is -0.726. The van der Waals surface area contributed by atoms with E-state index < -0.39 is 23.0 Å². The fourth-order valence-corrected chi connectivity index (χ4v) is 2.56. The van der Waals surface area contributed by atoms with Crippen LogP contribution in [-0.4, -0.2) is 23.0 Å². The summed E-state index contributed by atoms with van der Waals surface area (Å²) in [5.74, 6) is -0.458. The lowest BCUT2D eigenvalue weighted by Crippen LogP contribution is -2.35. The Morgan fingerprint density at radius 3 is 2.17 bits per heavy atom. The van der Waals surface area contributed by atoms with Crippen LogP contribution in [0.25, 0.3) is 0 Å². The first-order valence-corrected chi connectivity index (χ1v) is 8.39. The molecule has 0 bridgehead atoms. The molecule has 2 atom stereocenters. The van der Waals surface area contributed by atoms with Gasteiger partial charge in [0.05, 0.1) is 0 Å². The molecule has 0 saturated heterocycles. The highest BCUT2D eigenvalue weighted by Gasteiger charge is 2.30. The Morgan fingerprint density at radius 1 is 1.04 bits per heavy atom. The monoisotopic (exact) mass is 414 g/mol. The van der Waals surface area contributed by atoms with E-state index in [1.54, 1.807) is 55.5 Å². The van der Waals surface area contributed by atoms with Gasteiger partial charge in [-0.1, -0.05) is 39.7 Å². The molecule has 0 saturated carbocycles. The van der Waals surface area contributed by atoms with Crippen LogP contribution >= 0.6 is 39.1 Å². The maximum Gasteiger partial charge on any atom is 0.198 e. The molecule has 0 aromatic heterocycles. The summed E-state index contributed by atoms with van der Waals surface area (Å²) in [7, 11) is 0. The van der Waals surface area contributed by atoms with Crippen molar-refractivity contribution in [3.63, 3.8) is 0 Å². The van der Waals surface area contributed by atoms with Crippen molar-refractivity contribution in [2.75, 3.05) is 0 Å². The molecule has 0 aliphatic heterocycles. The molecule has 0 fully saturated rings. The summed E-state index contributed by atoms with van der Waals surface area (Å²) in [6.07, 6.45) is -0.849. The van der Waals surface area contributed by atoms with Gasteiger partial charge in [-0.05, 0) is 43.3 Å². The second-order valence-electron chi connectivity index (χ2n) is 4.85. The molecule has 3 nitrogen and oxygen atoms in total.